The van der Waals surface area contributed by atoms with Gasteiger partial charge >= 0.3 is 5.97 Å². The van der Waals surface area contributed by atoms with E-state index in [1.54, 1.807) is 0 Å². The number of hydrogen-bond donors (Lipinski definition) is 2. The highest BCUT2D eigenvalue weighted by Gasteiger charge is 2.56. The van der Waals surface area contributed by atoms with Crippen LogP contribution in [0.3, 0.4) is 0 Å². The number of hydrogen-bond acceptors (Lipinski definition) is 2. The molecule has 0 spiro atoms. The van der Waals surface area contributed by atoms with Gasteiger partial charge in [0, 0.05) is 13.5 Å². The average molecular weight is 247 g/mol. The lowest BCUT2D eigenvalue weighted by atomic mass is 9.75. The minimum absolute atomic E-state index is 0.221. The van der Waals surface area contributed by atoms with Crippen molar-refractivity contribution < 1.29 is 23.1 Å². The second kappa shape index (κ2) is 4.37. The van der Waals surface area contributed by atoms with Crippen LogP contribution < -0.4 is 5.73 Å². The molecule has 0 bridgehead atoms. The van der Waals surface area contributed by atoms with E-state index in [0.717, 1.165) is 24.3 Å². The lowest BCUT2D eigenvalue weighted by Gasteiger charge is -2.33. The number of carbonyl (C=O) groups is 1. The summed E-state index contributed by atoms with van der Waals surface area (Å²) in [4.78, 5) is 11.1. The van der Waals surface area contributed by atoms with Crippen LogP contribution in [0.15, 0.2) is 24.3 Å². The quantitative estimate of drug-likeness (QED) is 0.852. The van der Waals surface area contributed by atoms with Gasteiger partial charge in [-0.15, -0.1) is 0 Å². The van der Waals surface area contributed by atoms with E-state index in [9.17, 15) is 18.0 Å². The monoisotopic (exact) mass is 247 g/mol. The number of rotatable bonds is 4. The van der Waals surface area contributed by atoms with Gasteiger partial charge in [-0.25, -0.2) is 13.2 Å². The number of halogens is 3. The van der Waals surface area contributed by atoms with Gasteiger partial charge in [0.05, 0.1) is 0 Å². The minimum Gasteiger partial charge on any atom is -0.480 e. The summed E-state index contributed by atoms with van der Waals surface area (Å²) in [5.74, 6) is -5.94. The van der Waals surface area contributed by atoms with E-state index in [4.69, 9.17) is 10.8 Å². The first-order valence-corrected chi connectivity index (χ1v) is 4.83. The van der Waals surface area contributed by atoms with Crippen molar-refractivity contribution in [2.75, 3.05) is 6.54 Å². The van der Waals surface area contributed by atoms with Crippen molar-refractivity contribution in [3.05, 3.63) is 35.6 Å². The number of benzene rings is 1. The molecule has 0 saturated carbocycles. The molecule has 1 atom stereocenters. The molecule has 0 aliphatic heterocycles. The largest absolute Gasteiger partial charge is 0.480 e. The fraction of sp³-hybridized carbons (Fsp3) is 0.364. The van der Waals surface area contributed by atoms with Crippen molar-refractivity contribution in [2.45, 2.75) is 18.3 Å². The summed E-state index contributed by atoms with van der Waals surface area (Å²) in [7, 11) is 0. The van der Waals surface area contributed by atoms with E-state index >= 15 is 0 Å². The molecule has 0 heterocycles. The fourth-order valence-electron chi connectivity index (χ4n) is 1.68. The molecule has 0 amide bonds. The van der Waals surface area contributed by atoms with Crippen LogP contribution >= 0.6 is 0 Å². The molecule has 0 saturated heterocycles. The Morgan fingerprint density at radius 1 is 1.35 bits per heavy atom. The number of aliphatic carboxylic acids is 1. The van der Waals surface area contributed by atoms with Crippen LogP contribution in [0, 0.1) is 5.82 Å². The van der Waals surface area contributed by atoms with Gasteiger partial charge in [-0.3, -0.25) is 4.79 Å². The summed E-state index contributed by atoms with van der Waals surface area (Å²) in [6.07, 6.45) is 0. The number of nitrogens with two attached hydrogens (primary N) is 1. The zero-order chi connectivity index (χ0) is 13.3. The summed E-state index contributed by atoms with van der Waals surface area (Å²) < 4.78 is 39.8. The third-order valence-corrected chi connectivity index (χ3v) is 2.76. The first-order chi connectivity index (χ1) is 7.75. The summed E-state index contributed by atoms with van der Waals surface area (Å²) in [6.45, 7) is -0.297. The predicted molar refractivity (Wildman–Crippen MR) is 55.4 cm³/mol. The smallest absolute Gasteiger partial charge is 0.321 e. The molecule has 1 rings (SSSR count). The second-order valence-corrected chi connectivity index (χ2v) is 3.81. The van der Waals surface area contributed by atoms with Gasteiger partial charge in [-0.05, 0) is 17.7 Å². The Morgan fingerprint density at radius 2 is 1.82 bits per heavy atom. The van der Waals surface area contributed by atoms with Gasteiger partial charge in [0.2, 0.25) is 0 Å². The second-order valence-electron chi connectivity index (χ2n) is 3.81. The van der Waals surface area contributed by atoms with Gasteiger partial charge in [0.15, 0.2) is 5.41 Å². The van der Waals surface area contributed by atoms with Gasteiger partial charge in [0.1, 0.15) is 5.82 Å². The molecule has 0 fully saturated rings. The van der Waals surface area contributed by atoms with Crippen molar-refractivity contribution in [1.29, 1.82) is 0 Å². The molecule has 0 aliphatic rings. The highest BCUT2D eigenvalue weighted by Crippen LogP contribution is 2.39. The summed E-state index contributed by atoms with van der Waals surface area (Å²) in [6, 6.07) is 3.87. The molecule has 3 N–H and O–H groups in total. The lowest BCUT2D eigenvalue weighted by Crippen LogP contribution is -2.55. The van der Waals surface area contributed by atoms with Crippen LogP contribution in [-0.4, -0.2) is 23.5 Å². The normalized spacial score (nSPS) is 15.4. The minimum atomic E-state index is -3.56. The molecule has 0 aromatic heterocycles. The summed E-state index contributed by atoms with van der Waals surface area (Å²) >= 11 is 0. The standard InChI is InChI=1S/C11H12F3NO2/c1-10(13,14)11(6-15,9(16)17)7-2-4-8(12)5-3-7/h2-5H,6,15H2,1H3,(H,16,17). The maximum Gasteiger partial charge on any atom is 0.321 e. The van der Waals surface area contributed by atoms with E-state index in [-0.39, 0.29) is 5.56 Å². The molecule has 1 aromatic carbocycles. The van der Waals surface area contributed by atoms with Gasteiger partial charge < -0.3 is 10.8 Å². The van der Waals surface area contributed by atoms with Crippen LogP contribution in [0.1, 0.15) is 12.5 Å². The molecule has 6 heteroatoms. The van der Waals surface area contributed by atoms with Crippen molar-refractivity contribution in [1.82, 2.24) is 0 Å². The van der Waals surface area contributed by atoms with Crippen LogP contribution in [0.2, 0.25) is 0 Å². The van der Waals surface area contributed by atoms with Gasteiger partial charge in [0.25, 0.3) is 5.92 Å². The molecule has 17 heavy (non-hydrogen) atoms. The molecule has 3 nitrogen and oxygen atoms in total. The van der Waals surface area contributed by atoms with E-state index in [1.165, 1.54) is 0 Å². The average Bonchev–Trinajstić information content (AvgIpc) is 2.19. The Kier molecular flexibility index (Phi) is 3.47. The maximum absolute atomic E-state index is 13.5. The van der Waals surface area contributed by atoms with Crippen molar-refractivity contribution >= 4 is 5.97 Å². The first kappa shape index (κ1) is 13.5. The predicted octanol–water partition coefficient (Wildman–Crippen LogP) is 1.76. The molecular weight excluding hydrogens is 235 g/mol. The number of carboxylic acid groups (broad SMARTS) is 1. The van der Waals surface area contributed by atoms with Crippen LogP contribution in [0.25, 0.3) is 0 Å². The zero-order valence-electron chi connectivity index (χ0n) is 9.08. The van der Waals surface area contributed by atoms with Crippen LogP contribution in [-0.2, 0) is 10.2 Å². The highest BCUT2D eigenvalue weighted by atomic mass is 19.3. The van der Waals surface area contributed by atoms with Gasteiger partial charge in [-0.2, -0.15) is 0 Å². The van der Waals surface area contributed by atoms with Crippen LogP contribution in [0.5, 0.6) is 0 Å². The Morgan fingerprint density at radius 3 is 2.12 bits per heavy atom. The summed E-state index contributed by atoms with van der Waals surface area (Å²) in [5.41, 5.74) is 2.45. The Hall–Kier alpha value is -1.56. The number of carboxylic acids is 1. The molecule has 0 aliphatic carbocycles. The molecule has 1 aromatic rings. The van der Waals surface area contributed by atoms with Crippen molar-refractivity contribution in [3.63, 3.8) is 0 Å². The van der Waals surface area contributed by atoms with E-state index in [2.05, 4.69) is 0 Å². The Labute approximate surface area is 96.0 Å². The summed E-state index contributed by atoms with van der Waals surface area (Å²) in [5, 5.41) is 9.03. The SMILES string of the molecule is CC(F)(F)C(CN)(C(=O)O)c1ccc(F)cc1. The fourth-order valence-corrected chi connectivity index (χ4v) is 1.68. The van der Waals surface area contributed by atoms with E-state index in [0.29, 0.717) is 6.92 Å². The zero-order valence-corrected chi connectivity index (χ0v) is 9.08. The van der Waals surface area contributed by atoms with E-state index in [1.807, 2.05) is 0 Å². The molecule has 0 radical (unpaired) electrons. The van der Waals surface area contributed by atoms with Gasteiger partial charge in [-0.1, -0.05) is 12.1 Å². The Bertz CT molecular complexity index is 414. The highest BCUT2D eigenvalue weighted by molar-refractivity contribution is 5.83. The molecular formula is C11H12F3NO2. The van der Waals surface area contributed by atoms with Crippen molar-refractivity contribution in [3.8, 4) is 0 Å². The third kappa shape index (κ3) is 2.12. The maximum atomic E-state index is 13.5. The first-order valence-electron chi connectivity index (χ1n) is 4.83. The van der Waals surface area contributed by atoms with Crippen LogP contribution in [0.4, 0.5) is 13.2 Å². The topological polar surface area (TPSA) is 63.3 Å². The molecule has 94 valence electrons. The lowest BCUT2D eigenvalue weighted by molar-refractivity contribution is -0.159. The van der Waals surface area contributed by atoms with E-state index < -0.39 is 29.7 Å². The molecule has 1 unspecified atom stereocenters. The van der Waals surface area contributed by atoms with Crippen molar-refractivity contribution in [2.24, 2.45) is 5.73 Å². The third-order valence-electron chi connectivity index (χ3n) is 2.76. The Balaban J connectivity index is 3.43. The number of alkyl halides is 2.